The zero-order chi connectivity index (χ0) is 8.43. The van der Waals surface area contributed by atoms with Crippen LogP contribution in [0, 0.1) is 5.92 Å². The minimum atomic E-state index is -0.718. The standard InChI is InChI=1S/C8H15NO2.ClH/c1-5-3-4-6(2)9-7(5)8(10)11;/h5-7,9H,3-4H2,1-2H3,(H,10,11);1H. The molecular weight excluding hydrogens is 178 g/mol. The number of carbonyl (C=O) groups is 1. The molecule has 3 nitrogen and oxygen atoms in total. The number of carboxylic acids is 1. The Labute approximate surface area is 78.9 Å². The van der Waals surface area contributed by atoms with Crippen LogP contribution in [0.4, 0.5) is 0 Å². The summed E-state index contributed by atoms with van der Waals surface area (Å²) >= 11 is 0. The van der Waals surface area contributed by atoms with Crippen molar-refractivity contribution in [1.82, 2.24) is 5.32 Å². The first kappa shape index (κ1) is 11.7. The molecule has 0 aromatic rings. The largest absolute Gasteiger partial charge is 0.480 e. The van der Waals surface area contributed by atoms with Crippen LogP contribution >= 0.6 is 12.4 Å². The van der Waals surface area contributed by atoms with Crippen LogP contribution in [0.1, 0.15) is 26.7 Å². The van der Waals surface area contributed by atoms with Crippen LogP contribution in [0.15, 0.2) is 0 Å². The van der Waals surface area contributed by atoms with E-state index in [-0.39, 0.29) is 24.4 Å². The van der Waals surface area contributed by atoms with Crippen LogP contribution in [0.25, 0.3) is 0 Å². The van der Waals surface area contributed by atoms with Gasteiger partial charge < -0.3 is 10.4 Å². The summed E-state index contributed by atoms with van der Waals surface area (Å²) in [5.41, 5.74) is 0. The van der Waals surface area contributed by atoms with Gasteiger partial charge in [-0.15, -0.1) is 12.4 Å². The molecule has 2 N–H and O–H groups in total. The molecule has 12 heavy (non-hydrogen) atoms. The van der Waals surface area contributed by atoms with Gasteiger partial charge in [0.25, 0.3) is 0 Å². The Kier molecular flexibility index (Phi) is 4.57. The molecule has 72 valence electrons. The molecule has 1 rings (SSSR count). The van der Waals surface area contributed by atoms with Crippen LogP contribution in [0.2, 0.25) is 0 Å². The summed E-state index contributed by atoms with van der Waals surface area (Å²) in [6, 6.07) is 0.0195. The van der Waals surface area contributed by atoms with Crippen molar-refractivity contribution >= 4 is 18.4 Å². The first-order valence-electron chi connectivity index (χ1n) is 4.10. The lowest BCUT2D eigenvalue weighted by Gasteiger charge is -2.31. The normalized spacial score (nSPS) is 35.3. The Hall–Kier alpha value is -0.280. The summed E-state index contributed by atoms with van der Waals surface area (Å²) in [5.74, 6) is -0.451. The molecule has 1 aliphatic rings. The second-order valence-electron chi connectivity index (χ2n) is 3.44. The molecule has 0 aromatic carbocycles. The molecule has 4 heteroatoms. The first-order chi connectivity index (χ1) is 5.11. The Morgan fingerprint density at radius 2 is 2.00 bits per heavy atom. The van der Waals surface area contributed by atoms with Gasteiger partial charge in [0.05, 0.1) is 0 Å². The van der Waals surface area contributed by atoms with E-state index in [9.17, 15) is 4.79 Å². The van der Waals surface area contributed by atoms with Crippen molar-refractivity contribution in [2.75, 3.05) is 0 Å². The van der Waals surface area contributed by atoms with Crippen LogP contribution in [-0.2, 0) is 4.79 Å². The molecule has 0 amide bonds. The first-order valence-corrected chi connectivity index (χ1v) is 4.10. The van der Waals surface area contributed by atoms with E-state index < -0.39 is 5.97 Å². The van der Waals surface area contributed by atoms with Gasteiger partial charge in [-0.3, -0.25) is 4.79 Å². The summed E-state index contributed by atoms with van der Waals surface area (Å²) in [5, 5.41) is 11.8. The molecular formula is C8H16ClNO2. The number of rotatable bonds is 1. The molecule has 0 aliphatic carbocycles. The fourth-order valence-corrected chi connectivity index (χ4v) is 1.55. The van der Waals surface area contributed by atoms with E-state index in [4.69, 9.17) is 5.11 Å². The van der Waals surface area contributed by atoms with Crippen LogP contribution in [0.3, 0.4) is 0 Å². The number of halogens is 1. The molecule has 0 radical (unpaired) electrons. The monoisotopic (exact) mass is 193 g/mol. The Balaban J connectivity index is 0.00000121. The van der Waals surface area contributed by atoms with Gasteiger partial charge >= 0.3 is 5.97 Å². The second-order valence-corrected chi connectivity index (χ2v) is 3.44. The number of hydrogen-bond donors (Lipinski definition) is 2. The predicted octanol–water partition coefficient (Wildman–Crippen LogP) is 1.27. The molecule has 3 unspecified atom stereocenters. The number of piperidine rings is 1. The van der Waals surface area contributed by atoms with Crippen molar-refractivity contribution in [3.05, 3.63) is 0 Å². The quantitative estimate of drug-likeness (QED) is 0.660. The molecule has 0 saturated carbocycles. The smallest absolute Gasteiger partial charge is 0.320 e. The van der Waals surface area contributed by atoms with Crippen molar-refractivity contribution in [3.63, 3.8) is 0 Å². The zero-order valence-corrected chi connectivity index (χ0v) is 8.23. The van der Waals surface area contributed by atoms with Crippen molar-refractivity contribution in [1.29, 1.82) is 0 Å². The molecule has 1 fully saturated rings. The molecule has 1 heterocycles. The lowest BCUT2D eigenvalue weighted by Crippen LogP contribution is -2.49. The maximum Gasteiger partial charge on any atom is 0.320 e. The van der Waals surface area contributed by atoms with Gasteiger partial charge in [-0.1, -0.05) is 6.92 Å². The minimum absolute atomic E-state index is 0. The minimum Gasteiger partial charge on any atom is -0.480 e. The summed E-state index contributed by atoms with van der Waals surface area (Å²) < 4.78 is 0. The zero-order valence-electron chi connectivity index (χ0n) is 7.41. The molecule has 1 aliphatic heterocycles. The van der Waals surface area contributed by atoms with Gasteiger partial charge in [0.2, 0.25) is 0 Å². The van der Waals surface area contributed by atoms with Crippen LogP contribution in [-0.4, -0.2) is 23.2 Å². The van der Waals surface area contributed by atoms with E-state index in [0.717, 1.165) is 12.8 Å². The average Bonchev–Trinajstić information content (AvgIpc) is 1.94. The van der Waals surface area contributed by atoms with Gasteiger partial charge in [0.1, 0.15) is 6.04 Å². The highest BCUT2D eigenvalue weighted by Crippen LogP contribution is 2.18. The highest BCUT2D eigenvalue weighted by atomic mass is 35.5. The maximum absolute atomic E-state index is 10.6. The second kappa shape index (κ2) is 4.67. The molecule has 0 aromatic heterocycles. The summed E-state index contributed by atoms with van der Waals surface area (Å²) in [7, 11) is 0. The van der Waals surface area contributed by atoms with E-state index in [0.29, 0.717) is 6.04 Å². The molecule has 1 saturated heterocycles. The van der Waals surface area contributed by atoms with Gasteiger partial charge in [0, 0.05) is 6.04 Å². The third kappa shape index (κ3) is 2.64. The van der Waals surface area contributed by atoms with Crippen molar-refractivity contribution in [3.8, 4) is 0 Å². The van der Waals surface area contributed by atoms with Gasteiger partial charge in [-0.05, 0) is 25.7 Å². The third-order valence-corrected chi connectivity index (χ3v) is 2.35. The Bertz CT molecular complexity index is 163. The van der Waals surface area contributed by atoms with Crippen molar-refractivity contribution < 1.29 is 9.90 Å². The van der Waals surface area contributed by atoms with Gasteiger partial charge in [-0.25, -0.2) is 0 Å². The summed E-state index contributed by atoms with van der Waals surface area (Å²) in [6.07, 6.45) is 2.11. The van der Waals surface area contributed by atoms with E-state index in [1.165, 1.54) is 0 Å². The number of aliphatic carboxylic acids is 1. The van der Waals surface area contributed by atoms with E-state index in [1.54, 1.807) is 0 Å². The van der Waals surface area contributed by atoms with E-state index >= 15 is 0 Å². The number of nitrogens with one attached hydrogen (secondary N) is 1. The van der Waals surface area contributed by atoms with Gasteiger partial charge in [0.15, 0.2) is 0 Å². The summed E-state index contributed by atoms with van der Waals surface area (Å²) in [4.78, 5) is 10.6. The third-order valence-electron chi connectivity index (χ3n) is 2.35. The highest BCUT2D eigenvalue weighted by Gasteiger charge is 2.29. The fourth-order valence-electron chi connectivity index (χ4n) is 1.55. The molecule has 0 bridgehead atoms. The van der Waals surface area contributed by atoms with Crippen molar-refractivity contribution in [2.45, 2.75) is 38.8 Å². The molecule has 3 atom stereocenters. The number of hydrogen-bond acceptors (Lipinski definition) is 2. The lowest BCUT2D eigenvalue weighted by atomic mass is 9.89. The highest BCUT2D eigenvalue weighted by molar-refractivity contribution is 5.85. The summed E-state index contributed by atoms with van der Waals surface area (Å²) in [6.45, 7) is 4.01. The SMILES string of the molecule is CC1CCC(C)C(C(=O)O)N1.Cl. The average molecular weight is 194 g/mol. The van der Waals surface area contributed by atoms with Crippen LogP contribution in [0.5, 0.6) is 0 Å². The topological polar surface area (TPSA) is 49.3 Å². The van der Waals surface area contributed by atoms with E-state index in [1.807, 2.05) is 13.8 Å². The lowest BCUT2D eigenvalue weighted by molar-refractivity contribution is -0.141. The molecule has 0 spiro atoms. The Morgan fingerprint density at radius 3 is 2.42 bits per heavy atom. The number of carboxylic acid groups (broad SMARTS) is 1. The predicted molar refractivity (Wildman–Crippen MR) is 49.7 cm³/mol. The van der Waals surface area contributed by atoms with Crippen LogP contribution < -0.4 is 5.32 Å². The van der Waals surface area contributed by atoms with Crippen molar-refractivity contribution in [2.24, 2.45) is 5.92 Å². The fraction of sp³-hybridized carbons (Fsp3) is 0.875. The maximum atomic E-state index is 10.6. The van der Waals surface area contributed by atoms with E-state index in [2.05, 4.69) is 5.32 Å². The van der Waals surface area contributed by atoms with Gasteiger partial charge in [-0.2, -0.15) is 0 Å². The Morgan fingerprint density at radius 1 is 1.42 bits per heavy atom.